The first-order chi connectivity index (χ1) is 9.13. The molecule has 102 valence electrons. The van der Waals surface area contributed by atoms with Crippen molar-refractivity contribution in [1.82, 2.24) is 15.1 Å². The Kier molecular flexibility index (Phi) is 4.37. The fourth-order valence-corrected chi connectivity index (χ4v) is 2.17. The molecule has 0 aromatic carbocycles. The van der Waals surface area contributed by atoms with E-state index in [0.717, 1.165) is 41.2 Å². The van der Waals surface area contributed by atoms with Crippen molar-refractivity contribution in [2.24, 2.45) is 0 Å². The van der Waals surface area contributed by atoms with Crippen LogP contribution in [0.15, 0.2) is 10.9 Å². The van der Waals surface area contributed by atoms with Gasteiger partial charge in [0.15, 0.2) is 0 Å². The average molecular weight is 281 g/mol. The Morgan fingerprint density at radius 3 is 2.68 bits per heavy atom. The summed E-state index contributed by atoms with van der Waals surface area (Å²) < 4.78 is 5.14. The first-order valence-electron chi connectivity index (χ1n) is 6.28. The fraction of sp³-hybridized carbons (Fsp3) is 0.462. The van der Waals surface area contributed by atoms with Gasteiger partial charge >= 0.3 is 0 Å². The lowest BCUT2D eigenvalue weighted by molar-refractivity contribution is 0.392. The Hall–Kier alpha value is -1.62. The lowest BCUT2D eigenvalue weighted by Crippen LogP contribution is -2.07. The van der Waals surface area contributed by atoms with Crippen LogP contribution in [0.4, 0.5) is 5.82 Å². The third kappa shape index (κ3) is 3.04. The predicted molar refractivity (Wildman–Crippen MR) is 74.3 cm³/mol. The van der Waals surface area contributed by atoms with Crippen LogP contribution in [0, 0.1) is 13.8 Å². The number of rotatable bonds is 5. The van der Waals surface area contributed by atoms with E-state index in [4.69, 9.17) is 16.1 Å². The summed E-state index contributed by atoms with van der Waals surface area (Å²) in [5, 5.41) is 7.73. The molecule has 5 nitrogen and oxygen atoms in total. The van der Waals surface area contributed by atoms with Crippen LogP contribution in [0.2, 0.25) is 5.15 Å². The molecule has 0 bridgehead atoms. The number of nitrogens with one attached hydrogen (secondary N) is 1. The molecule has 0 aliphatic rings. The molecule has 0 atom stereocenters. The molecule has 2 rings (SSSR count). The van der Waals surface area contributed by atoms with Gasteiger partial charge in [0.05, 0.1) is 5.69 Å². The van der Waals surface area contributed by atoms with Crippen molar-refractivity contribution in [1.29, 1.82) is 0 Å². The molecule has 0 amide bonds. The highest BCUT2D eigenvalue weighted by Crippen LogP contribution is 2.22. The highest BCUT2D eigenvalue weighted by molar-refractivity contribution is 6.30. The molecule has 2 aromatic heterocycles. The summed E-state index contributed by atoms with van der Waals surface area (Å²) in [7, 11) is 0. The van der Waals surface area contributed by atoms with Gasteiger partial charge in [0.25, 0.3) is 0 Å². The Morgan fingerprint density at radius 2 is 2.05 bits per heavy atom. The van der Waals surface area contributed by atoms with Crippen molar-refractivity contribution in [2.75, 3.05) is 5.32 Å². The minimum Gasteiger partial charge on any atom is -0.365 e. The van der Waals surface area contributed by atoms with Gasteiger partial charge in [-0.2, -0.15) is 0 Å². The molecule has 0 aliphatic carbocycles. The summed E-state index contributed by atoms with van der Waals surface area (Å²) in [6.07, 6.45) is 3.31. The third-order valence-electron chi connectivity index (χ3n) is 3.01. The second-order valence-corrected chi connectivity index (χ2v) is 4.76. The maximum Gasteiger partial charge on any atom is 0.138 e. The van der Waals surface area contributed by atoms with E-state index in [1.807, 2.05) is 13.8 Å². The zero-order valence-corrected chi connectivity index (χ0v) is 12.1. The molecule has 19 heavy (non-hydrogen) atoms. The molecule has 0 aliphatic heterocycles. The van der Waals surface area contributed by atoms with E-state index in [2.05, 4.69) is 27.4 Å². The number of hydrogen-bond acceptors (Lipinski definition) is 5. The monoisotopic (exact) mass is 280 g/mol. The standard InChI is InChI=1S/C13H17ClN4O/c1-4-5-10-12(14)16-7-17-13(10)15-6-11-8(2)18-19-9(11)3/h7H,4-6H2,1-3H3,(H,15,16,17). The van der Waals surface area contributed by atoms with Gasteiger partial charge in [-0.15, -0.1) is 0 Å². The highest BCUT2D eigenvalue weighted by atomic mass is 35.5. The molecule has 2 heterocycles. The molecule has 6 heteroatoms. The molecular formula is C13H17ClN4O. The largest absolute Gasteiger partial charge is 0.365 e. The maximum atomic E-state index is 6.11. The van der Waals surface area contributed by atoms with Crippen LogP contribution in [0.5, 0.6) is 0 Å². The predicted octanol–water partition coefficient (Wildman–Crippen LogP) is 3.30. The van der Waals surface area contributed by atoms with E-state index in [-0.39, 0.29) is 0 Å². The Bertz CT molecular complexity index is 548. The van der Waals surface area contributed by atoms with Gasteiger partial charge in [-0.25, -0.2) is 9.97 Å². The zero-order valence-electron chi connectivity index (χ0n) is 11.3. The van der Waals surface area contributed by atoms with Crippen molar-refractivity contribution in [3.05, 3.63) is 34.1 Å². The van der Waals surface area contributed by atoms with Gasteiger partial charge in [-0.1, -0.05) is 30.1 Å². The summed E-state index contributed by atoms with van der Waals surface area (Å²) in [6.45, 7) is 6.54. The highest BCUT2D eigenvalue weighted by Gasteiger charge is 2.12. The number of halogens is 1. The van der Waals surface area contributed by atoms with E-state index < -0.39 is 0 Å². The molecule has 0 saturated heterocycles. The quantitative estimate of drug-likeness (QED) is 0.852. The Labute approximate surface area is 117 Å². The summed E-state index contributed by atoms with van der Waals surface area (Å²) in [6, 6.07) is 0. The number of aryl methyl sites for hydroxylation is 2. The zero-order chi connectivity index (χ0) is 13.8. The summed E-state index contributed by atoms with van der Waals surface area (Å²) >= 11 is 6.11. The van der Waals surface area contributed by atoms with Crippen LogP contribution in [0.25, 0.3) is 0 Å². The van der Waals surface area contributed by atoms with Crippen LogP contribution >= 0.6 is 11.6 Å². The Balaban J connectivity index is 2.18. The average Bonchev–Trinajstić information content (AvgIpc) is 2.70. The van der Waals surface area contributed by atoms with Gasteiger partial charge in [-0.3, -0.25) is 0 Å². The number of hydrogen-bond donors (Lipinski definition) is 1. The van der Waals surface area contributed by atoms with Crippen LogP contribution in [-0.2, 0) is 13.0 Å². The molecule has 0 fully saturated rings. The minimum absolute atomic E-state index is 0.512. The lowest BCUT2D eigenvalue weighted by Gasteiger charge is -2.10. The smallest absolute Gasteiger partial charge is 0.138 e. The summed E-state index contributed by atoms with van der Waals surface area (Å²) in [5.41, 5.74) is 2.90. The molecule has 0 spiro atoms. The Morgan fingerprint density at radius 1 is 1.26 bits per heavy atom. The van der Waals surface area contributed by atoms with Crippen LogP contribution in [0.1, 0.15) is 35.9 Å². The normalized spacial score (nSPS) is 10.7. The minimum atomic E-state index is 0.512. The second-order valence-electron chi connectivity index (χ2n) is 4.40. The molecule has 0 radical (unpaired) electrons. The first-order valence-corrected chi connectivity index (χ1v) is 6.66. The van der Waals surface area contributed by atoms with Crippen molar-refractivity contribution in [2.45, 2.75) is 40.2 Å². The summed E-state index contributed by atoms with van der Waals surface area (Å²) in [4.78, 5) is 8.28. The van der Waals surface area contributed by atoms with Crippen molar-refractivity contribution in [3.8, 4) is 0 Å². The van der Waals surface area contributed by atoms with Gasteiger partial charge in [-0.05, 0) is 20.3 Å². The van der Waals surface area contributed by atoms with Gasteiger partial charge < -0.3 is 9.84 Å². The SMILES string of the molecule is CCCc1c(Cl)ncnc1NCc1c(C)noc1C. The first kappa shape index (κ1) is 13.8. The second kappa shape index (κ2) is 6.02. The fourth-order valence-electron chi connectivity index (χ4n) is 1.94. The van der Waals surface area contributed by atoms with Gasteiger partial charge in [0.1, 0.15) is 23.1 Å². The molecule has 0 unspecified atom stereocenters. The van der Waals surface area contributed by atoms with E-state index in [9.17, 15) is 0 Å². The van der Waals surface area contributed by atoms with Crippen LogP contribution in [-0.4, -0.2) is 15.1 Å². The number of aromatic nitrogens is 3. The molecule has 2 aromatic rings. The number of anilines is 1. The van der Waals surface area contributed by atoms with Gasteiger partial charge in [0.2, 0.25) is 0 Å². The summed E-state index contributed by atoms with van der Waals surface area (Å²) in [5.74, 6) is 1.60. The molecule has 0 saturated carbocycles. The van der Waals surface area contributed by atoms with Crippen LogP contribution in [0.3, 0.4) is 0 Å². The lowest BCUT2D eigenvalue weighted by atomic mass is 10.1. The number of nitrogens with zero attached hydrogens (tertiary/aromatic N) is 3. The van der Waals surface area contributed by atoms with Crippen LogP contribution < -0.4 is 5.32 Å². The van der Waals surface area contributed by atoms with Crippen molar-refractivity contribution >= 4 is 17.4 Å². The topological polar surface area (TPSA) is 63.8 Å². The molecule has 1 N–H and O–H groups in total. The van der Waals surface area contributed by atoms with E-state index >= 15 is 0 Å². The molecular weight excluding hydrogens is 264 g/mol. The van der Waals surface area contributed by atoms with Crippen molar-refractivity contribution in [3.63, 3.8) is 0 Å². The van der Waals surface area contributed by atoms with E-state index in [1.54, 1.807) is 0 Å². The van der Waals surface area contributed by atoms with E-state index in [0.29, 0.717) is 11.7 Å². The van der Waals surface area contributed by atoms with E-state index in [1.165, 1.54) is 6.33 Å². The van der Waals surface area contributed by atoms with Gasteiger partial charge in [0, 0.05) is 17.7 Å². The third-order valence-corrected chi connectivity index (χ3v) is 3.33. The van der Waals surface area contributed by atoms with Crippen molar-refractivity contribution < 1.29 is 4.52 Å². The maximum absolute atomic E-state index is 6.11.